The first kappa shape index (κ1) is 14.1. The Morgan fingerprint density at radius 2 is 1.58 bits per heavy atom. The summed E-state index contributed by atoms with van der Waals surface area (Å²) in [7, 11) is 0. The maximum absolute atomic E-state index is 9.39. The van der Waals surface area contributed by atoms with E-state index in [2.05, 4.69) is 0 Å². The van der Waals surface area contributed by atoms with E-state index in [1.54, 1.807) is 11.8 Å². The first-order valence-corrected chi connectivity index (χ1v) is 6.89. The molecule has 0 unspecified atom stereocenters. The molecule has 0 aliphatic carbocycles. The van der Waals surface area contributed by atoms with E-state index in [0.717, 1.165) is 26.5 Å². The van der Waals surface area contributed by atoms with E-state index >= 15 is 0 Å². The fourth-order valence-corrected chi connectivity index (χ4v) is 2.93. The van der Waals surface area contributed by atoms with Gasteiger partial charge in [0.1, 0.15) is 0 Å². The van der Waals surface area contributed by atoms with Crippen molar-refractivity contribution in [2.24, 2.45) is 5.73 Å². The highest BCUT2D eigenvalue weighted by atomic mass is 32.2. The lowest BCUT2D eigenvalue weighted by atomic mass is 10.1. The second-order valence-electron chi connectivity index (χ2n) is 4.17. The molecule has 0 radical (unpaired) electrons. The average Bonchev–Trinajstić information content (AvgIpc) is 2.47. The van der Waals surface area contributed by atoms with Gasteiger partial charge in [0.25, 0.3) is 0 Å². The lowest BCUT2D eigenvalue weighted by Gasteiger charge is -2.11. The molecular weight excluding hydrogens is 258 g/mol. The van der Waals surface area contributed by atoms with Gasteiger partial charge in [-0.05, 0) is 28.8 Å². The molecule has 0 fully saturated rings. The summed E-state index contributed by atoms with van der Waals surface area (Å²) < 4.78 is 0. The van der Waals surface area contributed by atoms with Crippen LogP contribution in [-0.2, 0) is 19.8 Å². The monoisotopic (exact) mass is 275 g/mol. The van der Waals surface area contributed by atoms with Crippen LogP contribution in [-0.4, -0.2) is 10.2 Å². The molecule has 2 aromatic carbocycles. The Morgan fingerprint density at radius 1 is 0.895 bits per heavy atom. The summed E-state index contributed by atoms with van der Waals surface area (Å²) in [6.07, 6.45) is 0. The molecule has 0 bridgehead atoms. The van der Waals surface area contributed by atoms with E-state index in [0.29, 0.717) is 6.54 Å². The molecule has 2 rings (SSSR count). The standard InChI is InChI=1S/C15H17NO2S/c16-8-11-5-6-13(10-18)15(7-11)19-14-4-2-1-3-12(14)9-17/h1-7,17-18H,8-10,16H2. The van der Waals surface area contributed by atoms with E-state index in [9.17, 15) is 10.2 Å². The minimum absolute atomic E-state index is 0.00548. The van der Waals surface area contributed by atoms with Gasteiger partial charge in [-0.1, -0.05) is 42.1 Å². The number of aliphatic hydroxyl groups is 2. The summed E-state index contributed by atoms with van der Waals surface area (Å²) in [5.74, 6) is 0. The minimum atomic E-state index is -0.00548. The predicted molar refractivity (Wildman–Crippen MR) is 76.7 cm³/mol. The molecule has 0 saturated heterocycles. The smallest absolute Gasteiger partial charge is 0.0692 e. The number of hydrogen-bond acceptors (Lipinski definition) is 4. The van der Waals surface area contributed by atoms with Crippen molar-refractivity contribution in [3.05, 3.63) is 59.2 Å². The third-order valence-electron chi connectivity index (χ3n) is 2.90. The molecule has 3 nitrogen and oxygen atoms in total. The van der Waals surface area contributed by atoms with E-state index in [4.69, 9.17) is 5.73 Å². The topological polar surface area (TPSA) is 66.5 Å². The van der Waals surface area contributed by atoms with Gasteiger partial charge < -0.3 is 15.9 Å². The van der Waals surface area contributed by atoms with Gasteiger partial charge in [0.15, 0.2) is 0 Å². The van der Waals surface area contributed by atoms with Crippen LogP contribution in [0.15, 0.2) is 52.3 Å². The third kappa shape index (κ3) is 3.36. The lowest BCUT2D eigenvalue weighted by molar-refractivity contribution is 0.278. The normalized spacial score (nSPS) is 10.7. The molecule has 0 atom stereocenters. The summed E-state index contributed by atoms with van der Waals surface area (Å²) in [6.45, 7) is 0.476. The highest BCUT2D eigenvalue weighted by Crippen LogP contribution is 2.33. The minimum Gasteiger partial charge on any atom is -0.392 e. The van der Waals surface area contributed by atoms with Crippen LogP contribution in [0.5, 0.6) is 0 Å². The van der Waals surface area contributed by atoms with E-state index in [1.165, 1.54) is 0 Å². The summed E-state index contributed by atoms with van der Waals surface area (Å²) in [5, 5.41) is 18.7. The molecule has 0 heterocycles. The number of aliphatic hydroxyl groups excluding tert-OH is 2. The Kier molecular flexibility index (Phi) is 4.99. The van der Waals surface area contributed by atoms with E-state index in [1.807, 2.05) is 42.5 Å². The van der Waals surface area contributed by atoms with Crippen molar-refractivity contribution in [2.75, 3.05) is 0 Å². The van der Waals surface area contributed by atoms with Crippen LogP contribution in [0.3, 0.4) is 0 Å². The predicted octanol–water partition coefficient (Wildman–Crippen LogP) is 2.28. The molecule has 4 N–H and O–H groups in total. The molecule has 19 heavy (non-hydrogen) atoms. The van der Waals surface area contributed by atoms with E-state index in [-0.39, 0.29) is 13.2 Å². The van der Waals surface area contributed by atoms with Crippen molar-refractivity contribution >= 4 is 11.8 Å². The Bertz CT molecular complexity index is 558. The molecule has 0 saturated carbocycles. The van der Waals surface area contributed by atoms with Crippen molar-refractivity contribution < 1.29 is 10.2 Å². The molecule has 0 aliphatic heterocycles. The van der Waals surface area contributed by atoms with Gasteiger partial charge in [-0.3, -0.25) is 0 Å². The molecule has 4 heteroatoms. The van der Waals surface area contributed by atoms with Crippen molar-refractivity contribution in [1.29, 1.82) is 0 Å². The van der Waals surface area contributed by atoms with Crippen molar-refractivity contribution in [3.63, 3.8) is 0 Å². The fraction of sp³-hybridized carbons (Fsp3) is 0.200. The van der Waals surface area contributed by atoms with Crippen molar-refractivity contribution in [2.45, 2.75) is 29.5 Å². The number of hydrogen-bond donors (Lipinski definition) is 3. The van der Waals surface area contributed by atoms with Gasteiger partial charge in [0, 0.05) is 16.3 Å². The molecular formula is C15H17NO2S. The third-order valence-corrected chi connectivity index (χ3v) is 4.12. The summed E-state index contributed by atoms with van der Waals surface area (Å²) >= 11 is 1.54. The Balaban J connectivity index is 2.36. The van der Waals surface area contributed by atoms with Gasteiger partial charge in [-0.2, -0.15) is 0 Å². The quantitative estimate of drug-likeness (QED) is 0.783. The molecule has 2 aromatic rings. The zero-order valence-electron chi connectivity index (χ0n) is 10.5. The van der Waals surface area contributed by atoms with Gasteiger partial charge in [0.05, 0.1) is 13.2 Å². The number of benzene rings is 2. The number of rotatable bonds is 5. The zero-order valence-corrected chi connectivity index (χ0v) is 11.4. The van der Waals surface area contributed by atoms with Crippen LogP contribution in [0.4, 0.5) is 0 Å². The van der Waals surface area contributed by atoms with Gasteiger partial charge in [-0.15, -0.1) is 0 Å². The second kappa shape index (κ2) is 6.73. The van der Waals surface area contributed by atoms with Crippen LogP contribution in [0.1, 0.15) is 16.7 Å². The Labute approximate surface area is 117 Å². The molecule has 0 spiro atoms. The molecule has 0 amide bonds. The number of nitrogens with two attached hydrogens (primary N) is 1. The summed E-state index contributed by atoms with van der Waals surface area (Å²) in [4.78, 5) is 1.97. The molecule has 0 aliphatic rings. The Hall–Kier alpha value is -1.33. The largest absolute Gasteiger partial charge is 0.392 e. The van der Waals surface area contributed by atoms with Crippen molar-refractivity contribution in [1.82, 2.24) is 0 Å². The van der Waals surface area contributed by atoms with Crippen LogP contribution in [0, 0.1) is 0 Å². The van der Waals surface area contributed by atoms with Gasteiger partial charge >= 0.3 is 0 Å². The second-order valence-corrected chi connectivity index (χ2v) is 5.26. The molecule has 100 valence electrons. The van der Waals surface area contributed by atoms with Crippen LogP contribution in [0.2, 0.25) is 0 Å². The van der Waals surface area contributed by atoms with Crippen LogP contribution in [0.25, 0.3) is 0 Å². The van der Waals surface area contributed by atoms with Crippen LogP contribution < -0.4 is 5.73 Å². The maximum Gasteiger partial charge on any atom is 0.0692 e. The first-order chi connectivity index (χ1) is 9.28. The van der Waals surface area contributed by atoms with Gasteiger partial charge in [0.2, 0.25) is 0 Å². The summed E-state index contributed by atoms with van der Waals surface area (Å²) in [5.41, 5.74) is 8.43. The van der Waals surface area contributed by atoms with Gasteiger partial charge in [-0.25, -0.2) is 0 Å². The fourth-order valence-electron chi connectivity index (χ4n) is 1.80. The summed E-state index contributed by atoms with van der Waals surface area (Å²) in [6, 6.07) is 13.5. The van der Waals surface area contributed by atoms with Crippen molar-refractivity contribution in [3.8, 4) is 0 Å². The lowest BCUT2D eigenvalue weighted by Crippen LogP contribution is -1.98. The highest BCUT2D eigenvalue weighted by molar-refractivity contribution is 7.99. The maximum atomic E-state index is 9.39. The average molecular weight is 275 g/mol. The highest BCUT2D eigenvalue weighted by Gasteiger charge is 2.08. The SMILES string of the molecule is NCc1ccc(CO)c(Sc2ccccc2CO)c1. The zero-order chi connectivity index (χ0) is 13.7. The van der Waals surface area contributed by atoms with Crippen LogP contribution >= 0.6 is 11.8 Å². The molecule has 0 aromatic heterocycles. The first-order valence-electron chi connectivity index (χ1n) is 6.07. The van der Waals surface area contributed by atoms with E-state index < -0.39 is 0 Å². The Morgan fingerprint density at radius 3 is 2.26 bits per heavy atom.